The van der Waals surface area contributed by atoms with Crippen LogP contribution in [-0.2, 0) is 6.54 Å². The van der Waals surface area contributed by atoms with Crippen molar-refractivity contribution in [1.29, 1.82) is 0 Å². The average molecular weight is 273 g/mol. The minimum absolute atomic E-state index is 0.0612. The van der Waals surface area contributed by atoms with Gasteiger partial charge in [-0.05, 0) is 6.07 Å². The van der Waals surface area contributed by atoms with E-state index in [0.29, 0.717) is 18.7 Å². The Hall–Kier alpha value is -2.90. The van der Waals surface area contributed by atoms with Gasteiger partial charge in [0, 0.05) is 31.5 Å². The Morgan fingerprint density at radius 1 is 1.45 bits per heavy atom. The van der Waals surface area contributed by atoms with E-state index in [-0.39, 0.29) is 17.2 Å². The quantitative estimate of drug-likeness (QED) is 0.564. The maximum atomic E-state index is 10.9. The molecular formula is C12H11N5O3. The average Bonchev–Trinajstić information content (AvgIpc) is 3.06. The Balaban J connectivity index is 1.76. The van der Waals surface area contributed by atoms with Crippen LogP contribution in [0.1, 0.15) is 0 Å². The number of nitro groups is 1. The van der Waals surface area contributed by atoms with Gasteiger partial charge in [0.25, 0.3) is 11.7 Å². The van der Waals surface area contributed by atoms with Crippen molar-refractivity contribution in [3.63, 3.8) is 0 Å². The summed E-state index contributed by atoms with van der Waals surface area (Å²) in [6.07, 6.45) is 5.25. The zero-order valence-corrected chi connectivity index (χ0v) is 10.4. The fourth-order valence-electron chi connectivity index (χ4n) is 1.87. The first-order valence-corrected chi connectivity index (χ1v) is 5.97. The SMILES string of the molecule is O=[N+]([O-])c1cccc2oc(NCCn3ccnc3)nc12. The lowest BCUT2D eigenvalue weighted by Crippen LogP contribution is -2.09. The smallest absolute Gasteiger partial charge is 0.298 e. The molecule has 0 amide bonds. The minimum Gasteiger partial charge on any atom is -0.423 e. The molecule has 0 unspecified atom stereocenters. The second-order valence-corrected chi connectivity index (χ2v) is 4.13. The highest BCUT2D eigenvalue weighted by molar-refractivity contribution is 5.83. The van der Waals surface area contributed by atoms with E-state index in [2.05, 4.69) is 15.3 Å². The molecule has 0 spiro atoms. The molecule has 102 valence electrons. The summed E-state index contributed by atoms with van der Waals surface area (Å²) in [6.45, 7) is 1.28. The van der Waals surface area contributed by atoms with Crippen LogP contribution >= 0.6 is 0 Å². The zero-order chi connectivity index (χ0) is 13.9. The molecular weight excluding hydrogens is 262 g/mol. The molecule has 0 radical (unpaired) electrons. The van der Waals surface area contributed by atoms with E-state index < -0.39 is 4.92 Å². The number of imidazole rings is 1. The normalized spacial score (nSPS) is 10.8. The van der Waals surface area contributed by atoms with Crippen LogP contribution in [0.15, 0.2) is 41.3 Å². The van der Waals surface area contributed by atoms with Crippen molar-refractivity contribution in [3.8, 4) is 0 Å². The monoisotopic (exact) mass is 273 g/mol. The Morgan fingerprint density at radius 2 is 2.35 bits per heavy atom. The van der Waals surface area contributed by atoms with E-state index in [0.717, 1.165) is 0 Å². The number of fused-ring (bicyclic) bond motifs is 1. The molecule has 20 heavy (non-hydrogen) atoms. The molecule has 8 nitrogen and oxygen atoms in total. The third-order valence-corrected chi connectivity index (χ3v) is 2.80. The lowest BCUT2D eigenvalue weighted by Gasteiger charge is -2.01. The van der Waals surface area contributed by atoms with Crippen LogP contribution in [0.2, 0.25) is 0 Å². The number of nitro benzene ring substituents is 1. The fraction of sp³-hybridized carbons (Fsp3) is 0.167. The number of nitrogens with zero attached hydrogens (tertiary/aromatic N) is 4. The van der Waals surface area contributed by atoms with Crippen LogP contribution in [0.3, 0.4) is 0 Å². The first kappa shape index (κ1) is 12.2. The van der Waals surface area contributed by atoms with Gasteiger partial charge in [-0.15, -0.1) is 0 Å². The molecule has 8 heteroatoms. The molecule has 2 aromatic heterocycles. The van der Waals surface area contributed by atoms with E-state index >= 15 is 0 Å². The highest BCUT2D eigenvalue weighted by Crippen LogP contribution is 2.27. The Kier molecular flexibility index (Phi) is 3.04. The minimum atomic E-state index is -0.472. The number of non-ortho nitro benzene ring substituents is 1. The number of benzene rings is 1. The molecule has 0 aliphatic heterocycles. The fourth-order valence-corrected chi connectivity index (χ4v) is 1.87. The molecule has 0 atom stereocenters. The van der Waals surface area contributed by atoms with Gasteiger partial charge in [0.05, 0.1) is 11.3 Å². The molecule has 0 saturated carbocycles. The van der Waals surface area contributed by atoms with Crippen LogP contribution in [0, 0.1) is 10.1 Å². The molecule has 0 fully saturated rings. The summed E-state index contributed by atoms with van der Waals surface area (Å²) >= 11 is 0. The number of hydrogen-bond donors (Lipinski definition) is 1. The molecule has 0 saturated heterocycles. The molecule has 0 aliphatic carbocycles. The number of rotatable bonds is 5. The van der Waals surface area contributed by atoms with Gasteiger partial charge >= 0.3 is 0 Å². The predicted octanol–water partition coefficient (Wildman–Crippen LogP) is 2.04. The van der Waals surface area contributed by atoms with Crippen molar-refractivity contribution >= 4 is 22.8 Å². The zero-order valence-electron chi connectivity index (χ0n) is 10.4. The third kappa shape index (κ3) is 2.30. The van der Waals surface area contributed by atoms with E-state index in [9.17, 15) is 10.1 Å². The molecule has 3 aromatic rings. The van der Waals surface area contributed by atoms with Gasteiger partial charge in [0.1, 0.15) is 0 Å². The topological polar surface area (TPSA) is 99.0 Å². The maximum Gasteiger partial charge on any atom is 0.298 e. The summed E-state index contributed by atoms with van der Waals surface area (Å²) in [5, 5.41) is 13.9. The van der Waals surface area contributed by atoms with Gasteiger partial charge in [0.2, 0.25) is 0 Å². The van der Waals surface area contributed by atoms with Crippen LogP contribution in [0.4, 0.5) is 11.7 Å². The number of nitrogens with one attached hydrogen (secondary N) is 1. The molecule has 0 bridgehead atoms. The third-order valence-electron chi connectivity index (χ3n) is 2.80. The summed E-state index contributed by atoms with van der Waals surface area (Å²) < 4.78 is 7.33. The number of hydrogen-bond acceptors (Lipinski definition) is 6. The summed E-state index contributed by atoms with van der Waals surface area (Å²) in [6, 6.07) is 4.90. The molecule has 1 N–H and O–H groups in total. The molecule has 2 heterocycles. The van der Waals surface area contributed by atoms with Gasteiger partial charge in [0.15, 0.2) is 11.1 Å². The summed E-state index contributed by atoms with van der Waals surface area (Å²) in [7, 11) is 0. The van der Waals surface area contributed by atoms with Crippen LogP contribution in [0.25, 0.3) is 11.1 Å². The summed E-state index contributed by atoms with van der Waals surface area (Å²) in [5.41, 5.74) is 0.584. The lowest BCUT2D eigenvalue weighted by molar-refractivity contribution is -0.383. The second kappa shape index (κ2) is 5.00. The second-order valence-electron chi connectivity index (χ2n) is 4.13. The first-order chi connectivity index (χ1) is 9.74. The summed E-state index contributed by atoms with van der Waals surface area (Å²) in [5.74, 6) is 0. The first-order valence-electron chi connectivity index (χ1n) is 5.97. The van der Waals surface area contributed by atoms with Gasteiger partial charge in [-0.1, -0.05) is 6.07 Å². The standard InChI is InChI=1S/C12H11N5O3/c18-17(19)9-2-1-3-10-11(9)15-12(20-10)14-5-7-16-6-4-13-8-16/h1-4,6,8H,5,7H2,(H,14,15). The van der Waals surface area contributed by atoms with Crippen molar-refractivity contribution in [2.24, 2.45) is 0 Å². The van der Waals surface area contributed by atoms with Crippen molar-refractivity contribution in [2.75, 3.05) is 11.9 Å². The summed E-state index contributed by atoms with van der Waals surface area (Å²) in [4.78, 5) is 18.5. The van der Waals surface area contributed by atoms with Crippen LogP contribution < -0.4 is 5.32 Å². The van der Waals surface area contributed by atoms with Crippen molar-refractivity contribution in [2.45, 2.75) is 6.54 Å². The highest BCUT2D eigenvalue weighted by Gasteiger charge is 2.16. The van der Waals surface area contributed by atoms with E-state index in [4.69, 9.17) is 4.42 Å². The number of oxazole rings is 1. The number of para-hydroxylation sites is 1. The van der Waals surface area contributed by atoms with E-state index in [1.807, 2.05) is 10.8 Å². The maximum absolute atomic E-state index is 10.9. The molecule has 3 rings (SSSR count). The Bertz CT molecular complexity index is 735. The highest BCUT2D eigenvalue weighted by atomic mass is 16.6. The van der Waals surface area contributed by atoms with Crippen molar-refractivity contribution in [3.05, 3.63) is 47.0 Å². The van der Waals surface area contributed by atoms with Crippen molar-refractivity contribution in [1.82, 2.24) is 14.5 Å². The van der Waals surface area contributed by atoms with Gasteiger partial charge in [-0.3, -0.25) is 10.1 Å². The lowest BCUT2D eigenvalue weighted by atomic mass is 10.3. The Labute approximate surface area is 113 Å². The van der Waals surface area contributed by atoms with Crippen molar-refractivity contribution < 1.29 is 9.34 Å². The predicted molar refractivity (Wildman–Crippen MR) is 71.4 cm³/mol. The molecule has 0 aliphatic rings. The van der Waals surface area contributed by atoms with E-state index in [1.54, 1.807) is 24.7 Å². The van der Waals surface area contributed by atoms with Crippen LogP contribution in [0.5, 0.6) is 0 Å². The number of aromatic nitrogens is 3. The largest absolute Gasteiger partial charge is 0.423 e. The van der Waals surface area contributed by atoms with Gasteiger partial charge in [-0.2, -0.15) is 4.98 Å². The number of anilines is 1. The van der Waals surface area contributed by atoms with Gasteiger partial charge < -0.3 is 14.3 Å². The molecule has 1 aromatic carbocycles. The van der Waals surface area contributed by atoms with Gasteiger partial charge in [-0.25, -0.2) is 4.98 Å². The Morgan fingerprint density at radius 3 is 3.10 bits per heavy atom. The van der Waals surface area contributed by atoms with Crippen LogP contribution in [-0.4, -0.2) is 26.0 Å². The van der Waals surface area contributed by atoms with E-state index in [1.165, 1.54) is 6.07 Å².